The molecule has 0 radical (unpaired) electrons. The molecule has 0 saturated carbocycles. The fraction of sp³-hybridized carbons (Fsp3) is 0.0227. The van der Waals surface area contributed by atoms with E-state index in [9.17, 15) is 0 Å². The van der Waals surface area contributed by atoms with E-state index >= 15 is 0 Å². The van der Waals surface area contributed by atoms with Gasteiger partial charge in [0.15, 0.2) is 40.5 Å². The molecule has 8 aromatic rings. The molecule has 0 saturated heterocycles. The zero-order valence-corrected chi connectivity index (χ0v) is 26.5. The maximum absolute atomic E-state index is 7.02. The summed E-state index contributed by atoms with van der Waals surface area (Å²) in [5.74, 6) is 5.17. The van der Waals surface area contributed by atoms with Crippen molar-refractivity contribution >= 4 is 16.7 Å². The Kier molecular flexibility index (Phi) is 5.50. The molecule has 1 aliphatic heterocycles. The quantitative estimate of drug-likeness (QED) is 0.191. The molecule has 6 heteroatoms. The molecule has 11 rings (SSSR count). The second-order valence-electron chi connectivity index (χ2n) is 12.7. The van der Waals surface area contributed by atoms with Crippen LogP contribution in [0.4, 0.5) is 0 Å². The minimum absolute atomic E-state index is 0.561. The van der Waals surface area contributed by atoms with E-state index in [1.54, 1.807) is 0 Å². The van der Waals surface area contributed by atoms with E-state index in [4.69, 9.17) is 28.8 Å². The average Bonchev–Trinajstić information content (AvgIpc) is 3.81. The largest absolute Gasteiger partial charge is 0.458 e. The lowest BCUT2D eigenvalue weighted by atomic mass is 9.74. The van der Waals surface area contributed by atoms with Gasteiger partial charge in [-0.1, -0.05) is 133 Å². The predicted octanol–water partition coefficient (Wildman–Crippen LogP) is 10.1. The highest BCUT2D eigenvalue weighted by molar-refractivity contribution is 6.02. The Labute approximate surface area is 287 Å². The predicted molar refractivity (Wildman–Crippen MR) is 192 cm³/mol. The molecular formula is C44H25N3O3. The summed E-state index contributed by atoms with van der Waals surface area (Å²) < 4.78 is 20.8. The Morgan fingerprint density at radius 2 is 1.04 bits per heavy atom. The summed E-state index contributed by atoms with van der Waals surface area (Å²) in [6, 6.07) is 50.9. The van der Waals surface area contributed by atoms with Crippen molar-refractivity contribution in [3.05, 3.63) is 180 Å². The third-order valence-electron chi connectivity index (χ3n) is 9.98. The smallest absolute Gasteiger partial charge is 0.179 e. The van der Waals surface area contributed by atoms with Gasteiger partial charge in [-0.25, -0.2) is 15.0 Å². The molecule has 1 spiro atoms. The molecule has 3 heterocycles. The number of ether oxygens (including phenoxy) is 2. The van der Waals surface area contributed by atoms with Gasteiger partial charge in [0.2, 0.25) is 0 Å². The van der Waals surface area contributed by atoms with Gasteiger partial charge in [-0.2, -0.15) is 0 Å². The first-order valence-electron chi connectivity index (χ1n) is 16.6. The number of nitrogens with zero attached hydrogens (tertiary/aromatic N) is 3. The minimum Gasteiger partial charge on any atom is -0.458 e. The SMILES string of the molecule is c1ccc(-c2nc(-c3ccccc3)nc(-c3cccc4c3C3(C5=C(Oc6ccccc6O5)c5c3oc3ccccc53)c3ccccc3-4)n2)cc1. The van der Waals surface area contributed by atoms with Gasteiger partial charge in [0.25, 0.3) is 0 Å². The molecule has 2 aromatic heterocycles. The molecule has 6 aromatic carbocycles. The van der Waals surface area contributed by atoms with E-state index in [-0.39, 0.29) is 0 Å². The van der Waals surface area contributed by atoms with Crippen molar-refractivity contribution in [2.75, 3.05) is 0 Å². The number of benzene rings is 6. The standard InChI is InChI=1S/C44H25N3O3/c1-3-14-26(15-4-1)41-45-42(27-16-5-2-6-17-27)47-43(46-41)31-21-13-20-29-28-18-7-9-22-32(28)44(37(29)31)39-36(30-19-8-10-23-33(30)49-39)38-40(44)50-35-25-12-11-24-34(35)48-38/h1-25H. The van der Waals surface area contributed by atoms with Gasteiger partial charge < -0.3 is 13.9 Å². The second-order valence-corrected chi connectivity index (χ2v) is 12.7. The first-order chi connectivity index (χ1) is 24.8. The van der Waals surface area contributed by atoms with Crippen LogP contribution in [0, 0.1) is 0 Å². The maximum Gasteiger partial charge on any atom is 0.179 e. The Hall–Kier alpha value is -6.79. The van der Waals surface area contributed by atoms with Crippen LogP contribution >= 0.6 is 0 Å². The molecular weight excluding hydrogens is 619 g/mol. The van der Waals surface area contributed by atoms with Crippen molar-refractivity contribution in [1.82, 2.24) is 15.0 Å². The molecule has 2 aliphatic carbocycles. The highest BCUT2D eigenvalue weighted by Crippen LogP contribution is 2.66. The highest BCUT2D eigenvalue weighted by atomic mass is 16.6. The van der Waals surface area contributed by atoms with E-state index in [2.05, 4.69) is 48.5 Å². The average molecular weight is 644 g/mol. The summed E-state index contributed by atoms with van der Waals surface area (Å²) in [4.78, 5) is 15.4. The van der Waals surface area contributed by atoms with Gasteiger partial charge in [-0.3, -0.25) is 0 Å². The topological polar surface area (TPSA) is 70.3 Å². The van der Waals surface area contributed by atoms with Crippen LogP contribution in [0.3, 0.4) is 0 Å². The third kappa shape index (κ3) is 3.59. The summed E-state index contributed by atoms with van der Waals surface area (Å²) in [7, 11) is 0. The number of para-hydroxylation sites is 3. The molecule has 1 atom stereocenters. The second kappa shape index (κ2) is 10.1. The van der Waals surface area contributed by atoms with Crippen molar-refractivity contribution in [3.63, 3.8) is 0 Å². The number of furan rings is 1. The van der Waals surface area contributed by atoms with Crippen molar-refractivity contribution < 1.29 is 13.9 Å². The number of hydrogen-bond donors (Lipinski definition) is 0. The monoisotopic (exact) mass is 643 g/mol. The lowest BCUT2D eigenvalue weighted by molar-refractivity contribution is 0.306. The summed E-state index contributed by atoms with van der Waals surface area (Å²) in [6.45, 7) is 0. The van der Waals surface area contributed by atoms with Gasteiger partial charge >= 0.3 is 0 Å². The van der Waals surface area contributed by atoms with Gasteiger partial charge in [-0.05, 0) is 40.5 Å². The Balaban J connectivity index is 1.26. The molecule has 0 amide bonds. The Morgan fingerprint density at radius 3 is 1.80 bits per heavy atom. The van der Waals surface area contributed by atoms with Crippen molar-refractivity contribution in [3.8, 4) is 56.8 Å². The number of rotatable bonds is 3. The van der Waals surface area contributed by atoms with Gasteiger partial charge in [0.1, 0.15) is 16.8 Å². The van der Waals surface area contributed by atoms with E-state index < -0.39 is 5.41 Å². The Morgan fingerprint density at radius 1 is 0.460 bits per heavy atom. The molecule has 0 N–H and O–H groups in total. The summed E-state index contributed by atoms with van der Waals surface area (Å²) in [6.07, 6.45) is 0. The summed E-state index contributed by atoms with van der Waals surface area (Å²) in [5.41, 5.74) is 7.55. The van der Waals surface area contributed by atoms with Crippen LogP contribution in [0.15, 0.2) is 162 Å². The van der Waals surface area contributed by atoms with Crippen molar-refractivity contribution in [1.29, 1.82) is 0 Å². The fourth-order valence-corrected chi connectivity index (χ4v) is 7.93. The van der Waals surface area contributed by atoms with Crippen molar-refractivity contribution in [2.24, 2.45) is 0 Å². The first-order valence-corrected chi connectivity index (χ1v) is 16.6. The molecule has 0 fully saturated rings. The number of allylic oxidation sites excluding steroid dienone is 1. The normalized spacial score (nSPS) is 16.3. The van der Waals surface area contributed by atoms with Crippen molar-refractivity contribution in [2.45, 2.75) is 5.41 Å². The minimum atomic E-state index is -0.994. The van der Waals surface area contributed by atoms with E-state index in [1.807, 2.05) is 103 Å². The zero-order valence-electron chi connectivity index (χ0n) is 26.5. The van der Waals surface area contributed by atoms with E-state index in [0.717, 1.165) is 61.2 Å². The summed E-state index contributed by atoms with van der Waals surface area (Å²) >= 11 is 0. The van der Waals surface area contributed by atoms with E-state index in [0.29, 0.717) is 40.5 Å². The third-order valence-corrected chi connectivity index (χ3v) is 9.98. The van der Waals surface area contributed by atoms with Crippen LogP contribution in [0.25, 0.3) is 62.0 Å². The lowest BCUT2D eigenvalue weighted by Gasteiger charge is -2.32. The van der Waals surface area contributed by atoms with E-state index in [1.165, 1.54) is 0 Å². The number of aromatic nitrogens is 3. The van der Waals surface area contributed by atoms with Gasteiger partial charge in [0.05, 0.1) is 5.56 Å². The lowest BCUT2D eigenvalue weighted by Crippen LogP contribution is -2.31. The van der Waals surface area contributed by atoms with Gasteiger partial charge in [-0.15, -0.1) is 0 Å². The number of hydrogen-bond acceptors (Lipinski definition) is 6. The summed E-state index contributed by atoms with van der Waals surface area (Å²) in [5, 5.41) is 0.969. The van der Waals surface area contributed by atoms with Crippen LogP contribution in [0.1, 0.15) is 22.5 Å². The van der Waals surface area contributed by atoms with Crippen LogP contribution in [-0.4, -0.2) is 15.0 Å². The fourth-order valence-electron chi connectivity index (χ4n) is 7.93. The molecule has 234 valence electrons. The highest BCUT2D eigenvalue weighted by Gasteiger charge is 2.61. The van der Waals surface area contributed by atoms with Crippen LogP contribution in [0.5, 0.6) is 11.5 Å². The molecule has 50 heavy (non-hydrogen) atoms. The Bertz CT molecular complexity index is 2660. The molecule has 1 unspecified atom stereocenters. The number of fused-ring (bicyclic) bond motifs is 12. The maximum atomic E-state index is 7.02. The van der Waals surface area contributed by atoms with Crippen LogP contribution < -0.4 is 9.47 Å². The van der Waals surface area contributed by atoms with Crippen LogP contribution in [0.2, 0.25) is 0 Å². The van der Waals surface area contributed by atoms with Gasteiger partial charge in [0, 0.05) is 22.1 Å². The zero-order chi connectivity index (χ0) is 32.8. The first kappa shape index (κ1) is 27.2. The molecule has 3 aliphatic rings. The molecule has 0 bridgehead atoms. The van der Waals surface area contributed by atoms with Crippen LogP contribution in [-0.2, 0) is 5.41 Å². The molecule has 6 nitrogen and oxygen atoms in total.